The number of ether oxygens (including phenoxy) is 2. The highest BCUT2D eigenvalue weighted by atomic mass is 16.5. The number of rotatable bonds is 6. The van der Waals surface area contributed by atoms with Gasteiger partial charge in [0.2, 0.25) is 5.91 Å². The molecule has 1 saturated heterocycles. The molecule has 0 bridgehead atoms. The number of carbonyl (C=O) groups excluding carboxylic acids is 2. The van der Waals surface area contributed by atoms with Crippen molar-refractivity contribution in [3.63, 3.8) is 0 Å². The molecule has 1 aliphatic heterocycles. The van der Waals surface area contributed by atoms with Gasteiger partial charge in [-0.2, -0.15) is 0 Å². The van der Waals surface area contributed by atoms with E-state index in [9.17, 15) is 9.59 Å². The van der Waals surface area contributed by atoms with Crippen LogP contribution in [0.15, 0.2) is 29.0 Å². The number of benzene rings is 1. The van der Waals surface area contributed by atoms with Gasteiger partial charge in [0.25, 0.3) is 5.91 Å². The summed E-state index contributed by atoms with van der Waals surface area (Å²) in [4.78, 5) is 31.7. The number of piperazine rings is 1. The molecule has 0 atom stereocenters. The number of carbonyl (C=O) groups is 2. The van der Waals surface area contributed by atoms with Crippen LogP contribution in [0.3, 0.4) is 0 Å². The van der Waals surface area contributed by atoms with E-state index < -0.39 is 0 Å². The second kappa shape index (κ2) is 8.09. The molecule has 0 aliphatic carbocycles. The average Bonchev–Trinajstić information content (AvgIpc) is 3.16. The first-order valence-electron chi connectivity index (χ1n) is 8.49. The molecule has 144 valence electrons. The van der Waals surface area contributed by atoms with Gasteiger partial charge in [-0.3, -0.25) is 14.5 Å². The fourth-order valence-electron chi connectivity index (χ4n) is 3.06. The van der Waals surface area contributed by atoms with E-state index in [1.165, 1.54) is 6.39 Å². The molecule has 27 heavy (non-hydrogen) atoms. The van der Waals surface area contributed by atoms with Crippen molar-refractivity contribution in [3.8, 4) is 22.8 Å². The molecule has 0 radical (unpaired) electrons. The molecular weight excluding hydrogens is 352 g/mol. The summed E-state index contributed by atoms with van der Waals surface area (Å²) >= 11 is 0. The molecule has 1 aliphatic rings. The van der Waals surface area contributed by atoms with Crippen molar-refractivity contribution in [2.75, 3.05) is 46.9 Å². The lowest BCUT2D eigenvalue weighted by Crippen LogP contribution is -2.50. The first kappa shape index (κ1) is 18.7. The third-order valence-corrected chi connectivity index (χ3v) is 4.45. The average molecular weight is 374 g/mol. The second-order valence-electron chi connectivity index (χ2n) is 6.13. The Morgan fingerprint density at radius 3 is 2.48 bits per heavy atom. The van der Waals surface area contributed by atoms with Crippen molar-refractivity contribution < 1.29 is 23.5 Å². The Hall–Kier alpha value is -3.07. The number of hydrogen-bond donors (Lipinski definition) is 1. The van der Waals surface area contributed by atoms with Crippen LogP contribution in [0, 0.1) is 0 Å². The topological polar surface area (TPSA) is 111 Å². The number of hydrogen-bond acceptors (Lipinski definition) is 7. The van der Waals surface area contributed by atoms with Gasteiger partial charge in [-0.1, -0.05) is 0 Å². The zero-order valence-corrected chi connectivity index (χ0v) is 15.3. The minimum atomic E-state index is -0.373. The zero-order valence-electron chi connectivity index (χ0n) is 15.3. The van der Waals surface area contributed by atoms with E-state index in [-0.39, 0.29) is 24.1 Å². The summed E-state index contributed by atoms with van der Waals surface area (Å²) in [6.45, 7) is 2.34. The van der Waals surface area contributed by atoms with Crippen LogP contribution in [-0.2, 0) is 4.79 Å². The largest absolute Gasteiger partial charge is 0.493 e. The Kier molecular flexibility index (Phi) is 5.60. The Labute approximate surface area is 156 Å². The number of aromatic nitrogens is 1. The van der Waals surface area contributed by atoms with Crippen LogP contribution in [0.2, 0.25) is 0 Å². The first-order valence-corrected chi connectivity index (χ1v) is 8.49. The number of nitrogens with zero attached hydrogens (tertiary/aromatic N) is 3. The standard InChI is InChI=1S/C18H22N4O5/c1-25-13-4-3-12(9-14(13)26-2)17-16(20-11-27-17)18(24)22-7-5-21(6-8-22)10-15(19)23/h3-4,9,11H,5-8,10H2,1-2H3,(H2,19,23). The predicted octanol–water partition coefficient (Wildman–Crippen LogP) is 0.602. The highest BCUT2D eigenvalue weighted by Gasteiger charge is 2.27. The second-order valence-corrected chi connectivity index (χ2v) is 6.13. The van der Waals surface area contributed by atoms with Gasteiger partial charge in [-0.15, -0.1) is 0 Å². The van der Waals surface area contributed by atoms with Crippen LogP contribution in [0.1, 0.15) is 10.5 Å². The van der Waals surface area contributed by atoms with E-state index in [1.807, 2.05) is 4.90 Å². The van der Waals surface area contributed by atoms with Crippen molar-refractivity contribution in [3.05, 3.63) is 30.3 Å². The molecule has 2 aromatic rings. The lowest BCUT2D eigenvalue weighted by molar-refractivity contribution is -0.119. The van der Waals surface area contributed by atoms with Gasteiger partial charge in [0, 0.05) is 31.7 Å². The van der Waals surface area contributed by atoms with E-state index in [2.05, 4.69) is 4.98 Å². The zero-order chi connectivity index (χ0) is 19.4. The molecule has 0 saturated carbocycles. The summed E-state index contributed by atoms with van der Waals surface area (Å²) in [5, 5.41) is 0. The van der Waals surface area contributed by atoms with Crippen LogP contribution in [0.5, 0.6) is 11.5 Å². The molecule has 2 heterocycles. The summed E-state index contributed by atoms with van der Waals surface area (Å²) in [5.74, 6) is 0.902. The molecule has 0 spiro atoms. The minimum Gasteiger partial charge on any atom is -0.493 e. The molecule has 0 unspecified atom stereocenters. The fraction of sp³-hybridized carbons (Fsp3) is 0.389. The van der Waals surface area contributed by atoms with Crippen molar-refractivity contribution in [2.45, 2.75) is 0 Å². The SMILES string of the molecule is COc1ccc(-c2ocnc2C(=O)N2CCN(CC(N)=O)CC2)cc1OC. The van der Waals surface area contributed by atoms with E-state index in [0.29, 0.717) is 49.0 Å². The lowest BCUT2D eigenvalue weighted by Gasteiger charge is -2.33. The van der Waals surface area contributed by atoms with Gasteiger partial charge in [-0.25, -0.2) is 4.98 Å². The molecule has 1 aromatic heterocycles. The smallest absolute Gasteiger partial charge is 0.276 e. The van der Waals surface area contributed by atoms with E-state index in [1.54, 1.807) is 37.3 Å². The predicted molar refractivity (Wildman–Crippen MR) is 96.6 cm³/mol. The van der Waals surface area contributed by atoms with Crippen LogP contribution in [0.25, 0.3) is 11.3 Å². The summed E-state index contributed by atoms with van der Waals surface area (Å²) in [5.41, 5.74) is 6.13. The maximum atomic E-state index is 12.9. The molecule has 2 N–H and O–H groups in total. The maximum Gasteiger partial charge on any atom is 0.276 e. The summed E-state index contributed by atoms with van der Waals surface area (Å²) in [6, 6.07) is 5.26. The molecule has 9 heteroatoms. The molecular formula is C18H22N4O5. The van der Waals surface area contributed by atoms with E-state index in [0.717, 1.165) is 0 Å². The third-order valence-electron chi connectivity index (χ3n) is 4.45. The van der Waals surface area contributed by atoms with Gasteiger partial charge in [-0.05, 0) is 18.2 Å². The third kappa shape index (κ3) is 4.03. The number of amides is 2. The van der Waals surface area contributed by atoms with E-state index in [4.69, 9.17) is 19.6 Å². The van der Waals surface area contributed by atoms with Crippen molar-refractivity contribution in [2.24, 2.45) is 5.73 Å². The normalized spacial score (nSPS) is 14.8. The monoisotopic (exact) mass is 374 g/mol. The van der Waals surface area contributed by atoms with Crippen LogP contribution in [-0.4, -0.2) is 73.5 Å². The molecule has 2 amide bonds. The number of methoxy groups -OCH3 is 2. The summed E-state index contributed by atoms with van der Waals surface area (Å²) < 4.78 is 16.0. The maximum absolute atomic E-state index is 12.9. The number of nitrogens with two attached hydrogens (primary N) is 1. The minimum absolute atomic E-state index is 0.197. The molecule has 1 fully saturated rings. The van der Waals surface area contributed by atoms with Crippen LogP contribution >= 0.6 is 0 Å². The Morgan fingerprint density at radius 1 is 1.15 bits per heavy atom. The lowest BCUT2D eigenvalue weighted by atomic mass is 10.1. The fourth-order valence-corrected chi connectivity index (χ4v) is 3.06. The van der Waals surface area contributed by atoms with Gasteiger partial charge in [0.15, 0.2) is 29.3 Å². The first-order chi connectivity index (χ1) is 13.0. The highest BCUT2D eigenvalue weighted by molar-refractivity contribution is 5.97. The highest BCUT2D eigenvalue weighted by Crippen LogP contribution is 2.33. The molecule has 3 rings (SSSR count). The number of oxazole rings is 1. The Bertz CT molecular complexity index is 827. The van der Waals surface area contributed by atoms with Gasteiger partial charge < -0.3 is 24.5 Å². The molecule has 1 aromatic carbocycles. The van der Waals surface area contributed by atoms with E-state index >= 15 is 0 Å². The van der Waals surface area contributed by atoms with Gasteiger partial charge in [0.05, 0.1) is 20.8 Å². The Balaban J connectivity index is 1.77. The van der Waals surface area contributed by atoms with Crippen molar-refractivity contribution >= 4 is 11.8 Å². The number of primary amides is 1. The van der Waals surface area contributed by atoms with Crippen LogP contribution in [0.4, 0.5) is 0 Å². The summed E-state index contributed by atoms with van der Waals surface area (Å²) in [6.07, 6.45) is 1.25. The van der Waals surface area contributed by atoms with Crippen molar-refractivity contribution in [1.29, 1.82) is 0 Å². The van der Waals surface area contributed by atoms with Crippen molar-refractivity contribution in [1.82, 2.24) is 14.8 Å². The summed E-state index contributed by atoms with van der Waals surface area (Å²) in [7, 11) is 3.10. The van der Waals surface area contributed by atoms with Gasteiger partial charge in [0.1, 0.15) is 0 Å². The quantitative estimate of drug-likeness (QED) is 0.788. The van der Waals surface area contributed by atoms with Crippen LogP contribution < -0.4 is 15.2 Å². The molecule has 9 nitrogen and oxygen atoms in total. The Morgan fingerprint density at radius 2 is 1.85 bits per heavy atom. The van der Waals surface area contributed by atoms with Gasteiger partial charge >= 0.3 is 0 Å².